The zero-order chi connectivity index (χ0) is 23.8. The summed E-state index contributed by atoms with van der Waals surface area (Å²) in [5.74, 6) is -3.35. The second-order valence-electron chi connectivity index (χ2n) is 8.36. The van der Waals surface area contributed by atoms with Crippen LogP contribution < -0.4 is 26.1 Å². The number of rotatable bonds is 5. The number of anilines is 1. The van der Waals surface area contributed by atoms with Gasteiger partial charge >= 0.3 is 12.8 Å². The van der Waals surface area contributed by atoms with Crippen molar-refractivity contribution in [2.24, 2.45) is 23.5 Å². The van der Waals surface area contributed by atoms with Crippen LogP contribution in [0.3, 0.4) is 0 Å². The topological polar surface area (TPSA) is 113 Å². The van der Waals surface area contributed by atoms with Crippen LogP contribution in [-0.4, -0.2) is 54.4 Å². The number of alkyl halides is 5. The lowest BCUT2D eigenvalue weighted by Crippen LogP contribution is -2.73. The lowest BCUT2D eigenvalue weighted by Gasteiger charge is -2.45. The Bertz CT molecular complexity index is 851. The third-order valence-corrected chi connectivity index (χ3v) is 6.24. The molecular weight excluding hydrogens is 439 g/mol. The summed E-state index contributed by atoms with van der Waals surface area (Å²) < 4.78 is 70.1. The molecule has 2 heterocycles. The highest BCUT2D eigenvalue weighted by molar-refractivity contribution is 5.90. The maximum atomic E-state index is 13.7. The molecule has 2 saturated heterocycles. The number of carbonyl (C=O) groups excluding carboxylic acids is 1. The fraction of sp³-hybridized carbons (Fsp3) is 0.600. The van der Waals surface area contributed by atoms with Gasteiger partial charge in [-0.1, -0.05) is 6.92 Å². The minimum atomic E-state index is -5.09. The number of carbonyl (C=O) groups is 1. The first-order valence-electron chi connectivity index (χ1n) is 10.1. The maximum Gasteiger partial charge on any atom is 0.418 e. The van der Waals surface area contributed by atoms with Crippen molar-refractivity contribution in [2.75, 3.05) is 18.0 Å². The van der Waals surface area contributed by atoms with Crippen LogP contribution in [0.25, 0.3) is 0 Å². The van der Waals surface area contributed by atoms with Crippen LogP contribution in [0.5, 0.6) is 5.75 Å². The van der Waals surface area contributed by atoms with Gasteiger partial charge < -0.3 is 25.8 Å². The van der Waals surface area contributed by atoms with Gasteiger partial charge in [-0.3, -0.25) is 10.2 Å². The van der Waals surface area contributed by atoms with E-state index in [4.69, 9.17) is 11.1 Å². The van der Waals surface area contributed by atoms with Crippen molar-refractivity contribution >= 4 is 17.3 Å². The van der Waals surface area contributed by atoms with Crippen molar-refractivity contribution in [3.8, 4) is 5.75 Å². The summed E-state index contributed by atoms with van der Waals surface area (Å²) in [6.07, 6.45) is -7.36. The predicted molar refractivity (Wildman–Crippen MR) is 105 cm³/mol. The number of hydrogen-bond acceptors (Lipinski definition) is 5. The molecule has 3 rings (SSSR count). The number of hydrogen-bond donors (Lipinski definition) is 4. The molecule has 1 amide bonds. The fourth-order valence-corrected chi connectivity index (χ4v) is 4.68. The molecule has 0 aromatic heterocycles. The van der Waals surface area contributed by atoms with Crippen LogP contribution in [0.15, 0.2) is 24.3 Å². The largest absolute Gasteiger partial charge is 0.435 e. The second kappa shape index (κ2) is 8.81. The van der Waals surface area contributed by atoms with Gasteiger partial charge in [-0.2, -0.15) is 22.0 Å². The molecular formula is C20H26F5N4O3+. The Labute approximate surface area is 181 Å². The normalized spacial score (nSPS) is 31.4. The number of nitrogens with two attached hydrogens (primary N) is 2. The summed E-state index contributed by atoms with van der Waals surface area (Å²) in [6.45, 7) is -0.248. The standard InChI is InChI=1S/C20H25F5N4O3/c1-10-9-29(11-2-4-12(5-3-11)32-18(21)22)7-6-13(10)16(26)15-17(27)28-14(30)8-19(15,31)20(23,24)25/h2-5,10,13,15,17-18,26,31H,6-9,27H2,1H3,(H,28,30)/p+1. The maximum absolute atomic E-state index is 13.7. The molecule has 178 valence electrons. The SMILES string of the molecule is CC1CN(c2ccc(OC(F)F)cc2)CCC1C(=[NH2+])C1C(N)NC(=O)CC1(O)C(F)(F)F. The summed E-state index contributed by atoms with van der Waals surface area (Å²) in [5.41, 5.74) is 3.09. The van der Waals surface area contributed by atoms with E-state index in [9.17, 15) is 31.9 Å². The third-order valence-electron chi connectivity index (χ3n) is 6.24. The first kappa shape index (κ1) is 24.2. The van der Waals surface area contributed by atoms with Crippen molar-refractivity contribution in [1.29, 1.82) is 0 Å². The van der Waals surface area contributed by atoms with E-state index in [1.807, 2.05) is 11.8 Å². The van der Waals surface area contributed by atoms with E-state index in [0.717, 1.165) is 5.69 Å². The van der Waals surface area contributed by atoms with E-state index >= 15 is 0 Å². The van der Waals surface area contributed by atoms with Crippen LogP contribution in [-0.2, 0) is 4.79 Å². The minimum Gasteiger partial charge on any atom is -0.435 e. The highest BCUT2D eigenvalue weighted by Gasteiger charge is 2.66. The average molecular weight is 465 g/mol. The van der Waals surface area contributed by atoms with E-state index in [-0.39, 0.29) is 17.4 Å². The van der Waals surface area contributed by atoms with E-state index in [1.54, 1.807) is 12.1 Å². The predicted octanol–water partition coefficient (Wildman–Crippen LogP) is 0.665. The molecule has 6 N–H and O–H groups in total. The molecule has 0 saturated carbocycles. The smallest absolute Gasteiger partial charge is 0.418 e. The third kappa shape index (κ3) is 4.65. The van der Waals surface area contributed by atoms with Gasteiger partial charge in [0.25, 0.3) is 0 Å². The molecule has 2 aliphatic rings. The molecule has 7 nitrogen and oxygen atoms in total. The van der Waals surface area contributed by atoms with Gasteiger partial charge in [0.2, 0.25) is 5.91 Å². The summed E-state index contributed by atoms with van der Waals surface area (Å²) in [7, 11) is 0. The average Bonchev–Trinajstić information content (AvgIpc) is 2.66. The number of amides is 1. The monoisotopic (exact) mass is 465 g/mol. The van der Waals surface area contributed by atoms with Crippen LogP contribution in [0.1, 0.15) is 19.8 Å². The molecule has 5 unspecified atom stereocenters. The molecule has 0 radical (unpaired) electrons. The minimum absolute atomic E-state index is 0.0176. The number of nitrogens with one attached hydrogen (secondary N) is 1. The highest BCUT2D eigenvalue weighted by Crippen LogP contribution is 2.44. The van der Waals surface area contributed by atoms with Crippen LogP contribution in [0.4, 0.5) is 27.6 Å². The first-order chi connectivity index (χ1) is 14.8. The number of halogens is 5. The fourth-order valence-electron chi connectivity index (χ4n) is 4.68. The Morgan fingerprint density at radius 3 is 2.50 bits per heavy atom. The lowest BCUT2D eigenvalue weighted by molar-refractivity contribution is -0.284. The van der Waals surface area contributed by atoms with Crippen LogP contribution in [0, 0.1) is 17.8 Å². The number of benzene rings is 1. The Morgan fingerprint density at radius 2 is 1.97 bits per heavy atom. The van der Waals surface area contributed by atoms with Crippen LogP contribution in [0.2, 0.25) is 0 Å². The van der Waals surface area contributed by atoms with Crippen molar-refractivity contribution < 1.29 is 42.0 Å². The summed E-state index contributed by atoms with van der Waals surface area (Å²) >= 11 is 0. The molecule has 0 bridgehead atoms. The highest BCUT2D eigenvalue weighted by atomic mass is 19.4. The summed E-state index contributed by atoms with van der Waals surface area (Å²) in [4.78, 5) is 13.6. The van der Waals surface area contributed by atoms with Crippen molar-refractivity contribution in [3.63, 3.8) is 0 Å². The molecule has 2 fully saturated rings. The molecule has 32 heavy (non-hydrogen) atoms. The molecule has 12 heteroatoms. The van der Waals surface area contributed by atoms with Gasteiger partial charge in [-0.05, 0) is 36.6 Å². The summed E-state index contributed by atoms with van der Waals surface area (Å²) in [6, 6.07) is 6.05. The van der Waals surface area contributed by atoms with Gasteiger partial charge in [-0.25, -0.2) is 0 Å². The zero-order valence-corrected chi connectivity index (χ0v) is 17.3. The lowest BCUT2D eigenvalue weighted by atomic mass is 9.69. The molecule has 1 aromatic rings. The van der Waals surface area contributed by atoms with Gasteiger partial charge in [-0.15, -0.1) is 0 Å². The van der Waals surface area contributed by atoms with Gasteiger partial charge in [0.05, 0.1) is 12.6 Å². The Hall–Kier alpha value is -2.47. The number of piperidine rings is 2. The van der Waals surface area contributed by atoms with E-state index < -0.39 is 48.7 Å². The molecule has 1 aromatic carbocycles. The zero-order valence-electron chi connectivity index (χ0n) is 17.3. The van der Waals surface area contributed by atoms with Crippen molar-refractivity contribution in [1.82, 2.24) is 5.32 Å². The van der Waals surface area contributed by atoms with E-state index in [0.29, 0.717) is 19.5 Å². The van der Waals surface area contributed by atoms with Gasteiger partial charge in [0.15, 0.2) is 11.3 Å². The first-order valence-corrected chi connectivity index (χ1v) is 10.1. The number of nitrogens with zero attached hydrogens (tertiary/aromatic N) is 1. The summed E-state index contributed by atoms with van der Waals surface area (Å²) in [5, 5.41) is 18.9. The molecule has 0 spiro atoms. The quantitative estimate of drug-likeness (QED) is 0.377. The Balaban J connectivity index is 1.74. The van der Waals surface area contributed by atoms with Gasteiger partial charge in [0.1, 0.15) is 11.7 Å². The number of aliphatic hydroxyl groups is 1. The molecule has 5 atom stereocenters. The second-order valence-corrected chi connectivity index (χ2v) is 8.36. The Kier molecular flexibility index (Phi) is 6.66. The van der Waals surface area contributed by atoms with E-state index in [2.05, 4.69) is 10.1 Å². The molecule has 2 aliphatic heterocycles. The number of ether oxygens (including phenoxy) is 1. The van der Waals surface area contributed by atoms with Gasteiger partial charge in [0, 0.05) is 24.7 Å². The molecule has 0 aliphatic carbocycles. The van der Waals surface area contributed by atoms with Crippen LogP contribution >= 0.6 is 0 Å². The van der Waals surface area contributed by atoms with Crippen molar-refractivity contribution in [3.05, 3.63) is 24.3 Å². The Morgan fingerprint density at radius 1 is 1.34 bits per heavy atom. The van der Waals surface area contributed by atoms with Crippen molar-refractivity contribution in [2.45, 2.75) is 44.3 Å². The van der Waals surface area contributed by atoms with E-state index in [1.165, 1.54) is 12.1 Å².